The molecule has 0 saturated heterocycles. The van der Waals surface area contributed by atoms with Gasteiger partial charge in [0.25, 0.3) is 5.91 Å². The van der Waals surface area contributed by atoms with Gasteiger partial charge in [-0.3, -0.25) is 9.59 Å². The van der Waals surface area contributed by atoms with Crippen molar-refractivity contribution in [3.05, 3.63) is 58.6 Å². The van der Waals surface area contributed by atoms with Crippen LogP contribution in [0.5, 0.6) is 5.75 Å². The van der Waals surface area contributed by atoms with Crippen molar-refractivity contribution in [3.8, 4) is 5.75 Å². The maximum atomic E-state index is 13.4. The summed E-state index contributed by atoms with van der Waals surface area (Å²) in [6.07, 6.45) is -2.35. The average molecular weight is 446 g/mol. The number of amides is 1. The van der Waals surface area contributed by atoms with Gasteiger partial charge in [-0.2, -0.15) is 0 Å². The van der Waals surface area contributed by atoms with Crippen LogP contribution in [-0.4, -0.2) is 35.7 Å². The van der Waals surface area contributed by atoms with Crippen LogP contribution in [-0.2, 0) is 14.3 Å². The largest absolute Gasteiger partial charge is 0.491 e. The number of carbonyl (C=O) groups excluding carboxylic acids is 1. The Morgan fingerprint density at radius 1 is 1.16 bits per heavy atom. The zero-order valence-electron chi connectivity index (χ0n) is 18.2. The van der Waals surface area contributed by atoms with E-state index in [1.165, 1.54) is 0 Å². The van der Waals surface area contributed by atoms with Gasteiger partial charge in [-0.15, -0.1) is 0 Å². The van der Waals surface area contributed by atoms with E-state index in [-0.39, 0.29) is 17.9 Å². The molecule has 0 unspecified atom stereocenters. The number of fused-ring (bicyclic) bond motifs is 1. The molecule has 0 bridgehead atoms. The monoisotopic (exact) mass is 445 g/mol. The predicted octanol–water partition coefficient (Wildman–Crippen LogP) is 5.08. The summed E-state index contributed by atoms with van der Waals surface area (Å²) in [5.74, 6) is -0.681. The standard InChI is InChI=1S/C24H28ClNO5/c1-14(2)13-26-19-10-9-16(25)11-18(19)23(31-21(24(26)29)12-22(27)28)17-7-5-6-8-20(17)30-15(3)4/h5-11,14-15,21,23H,12-13H2,1-4H3,(H,27,28)/t21-,23-/m1/s1. The van der Waals surface area contributed by atoms with Gasteiger partial charge in [0.1, 0.15) is 18.0 Å². The van der Waals surface area contributed by atoms with Crippen LogP contribution in [0.1, 0.15) is 51.3 Å². The Balaban J connectivity index is 2.21. The Morgan fingerprint density at radius 3 is 2.52 bits per heavy atom. The third kappa shape index (κ3) is 5.38. The number of carbonyl (C=O) groups is 2. The fourth-order valence-corrected chi connectivity index (χ4v) is 3.90. The molecule has 1 heterocycles. The highest BCUT2D eigenvalue weighted by Gasteiger charge is 2.38. The molecule has 2 aromatic carbocycles. The van der Waals surface area contributed by atoms with Crippen LogP contribution in [0.15, 0.2) is 42.5 Å². The molecule has 0 saturated carbocycles. The highest BCUT2D eigenvalue weighted by molar-refractivity contribution is 6.30. The van der Waals surface area contributed by atoms with Gasteiger partial charge >= 0.3 is 5.97 Å². The molecule has 166 valence electrons. The Morgan fingerprint density at radius 2 is 1.87 bits per heavy atom. The number of anilines is 1. The van der Waals surface area contributed by atoms with Gasteiger partial charge in [0.2, 0.25) is 0 Å². The summed E-state index contributed by atoms with van der Waals surface area (Å²) < 4.78 is 12.2. The van der Waals surface area contributed by atoms with Crippen molar-refractivity contribution in [1.82, 2.24) is 0 Å². The predicted molar refractivity (Wildman–Crippen MR) is 120 cm³/mol. The average Bonchev–Trinajstić information content (AvgIpc) is 2.78. The normalized spacial score (nSPS) is 18.8. The maximum absolute atomic E-state index is 13.4. The number of halogens is 1. The van der Waals surface area contributed by atoms with Crippen LogP contribution in [0.3, 0.4) is 0 Å². The molecular formula is C24H28ClNO5. The highest BCUT2D eigenvalue weighted by Crippen LogP contribution is 2.43. The molecule has 0 fully saturated rings. The first kappa shape index (κ1) is 23.1. The van der Waals surface area contributed by atoms with Crippen LogP contribution in [0.2, 0.25) is 5.02 Å². The van der Waals surface area contributed by atoms with E-state index >= 15 is 0 Å². The van der Waals surface area contributed by atoms with Gasteiger partial charge in [-0.05, 0) is 44.0 Å². The lowest BCUT2D eigenvalue weighted by Gasteiger charge is -2.26. The molecule has 31 heavy (non-hydrogen) atoms. The Hall–Kier alpha value is -2.57. The first-order valence-corrected chi connectivity index (χ1v) is 10.8. The lowest BCUT2D eigenvalue weighted by atomic mass is 9.98. The number of aliphatic carboxylic acids is 1. The van der Waals surface area contributed by atoms with E-state index in [0.29, 0.717) is 34.1 Å². The minimum Gasteiger partial charge on any atom is -0.491 e. The molecule has 0 spiro atoms. The molecule has 0 aromatic heterocycles. The van der Waals surface area contributed by atoms with Crippen molar-refractivity contribution in [2.24, 2.45) is 5.92 Å². The second-order valence-electron chi connectivity index (χ2n) is 8.35. The smallest absolute Gasteiger partial charge is 0.306 e. The zero-order chi connectivity index (χ0) is 22.7. The Labute approximate surface area is 187 Å². The first-order chi connectivity index (χ1) is 14.7. The van der Waals surface area contributed by atoms with Gasteiger partial charge in [0, 0.05) is 28.4 Å². The van der Waals surface area contributed by atoms with Crippen LogP contribution in [0.4, 0.5) is 5.69 Å². The molecule has 6 nitrogen and oxygen atoms in total. The van der Waals surface area contributed by atoms with E-state index < -0.39 is 24.6 Å². The number of nitrogens with zero attached hydrogens (tertiary/aromatic N) is 1. The number of carboxylic acids is 1. The molecule has 2 atom stereocenters. The van der Waals surface area contributed by atoms with Gasteiger partial charge in [0.05, 0.1) is 12.5 Å². The molecular weight excluding hydrogens is 418 g/mol. The van der Waals surface area contributed by atoms with E-state index in [4.69, 9.17) is 21.1 Å². The minimum absolute atomic E-state index is 0.0698. The number of hydrogen-bond donors (Lipinski definition) is 1. The third-order valence-corrected chi connectivity index (χ3v) is 5.11. The number of hydrogen-bond acceptors (Lipinski definition) is 4. The van der Waals surface area contributed by atoms with Crippen molar-refractivity contribution in [2.45, 2.75) is 52.4 Å². The lowest BCUT2D eigenvalue weighted by Crippen LogP contribution is -2.42. The lowest BCUT2D eigenvalue weighted by molar-refractivity contribution is -0.147. The second kappa shape index (κ2) is 9.71. The molecule has 1 aliphatic rings. The van der Waals surface area contributed by atoms with E-state index in [0.717, 1.165) is 0 Å². The summed E-state index contributed by atoms with van der Waals surface area (Å²) in [6.45, 7) is 8.30. The summed E-state index contributed by atoms with van der Waals surface area (Å²) in [5.41, 5.74) is 2.09. The topological polar surface area (TPSA) is 76.1 Å². The minimum atomic E-state index is -1.14. The van der Waals surface area contributed by atoms with Gasteiger partial charge < -0.3 is 19.5 Å². The van der Waals surface area contributed by atoms with Crippen LogP contribution >= 0.6 is 11.6 Å². The molecule has 1 N–H and O–H groups in total. The summed E-state index contributed by atoms with van der Waals surface area (Å²) in [5, 5.41) is 9.94. The van der Waals surface area contributed by atoms with Crippen molar-refractivity contribution in [3.63, 3.8) is 0 Å². The van der Waals surface area contributed by atoms with E-state index in [9.17, 15) is 14.7 Å². The number of ether oxygens (including phenoxy) is 2. The Kier molecular flexibility index (Phi) is 7.23. The quantitative estimate of drug-likeness (QED) is 0.643. The summed E-state index contributed by atoms with van der Waals surface area (Å²) >= 11 is 6.33. The number of benzene rings is 2. The van der Waals surface area contributed by atoms with Gasteiger partial charge in [0.15, 0.2) is 0 Å². The summed E-state index contributed by atoms with van der Waals surface area (Å²) in [6, 6.07) is 12.7. The van der Waals surface area contributed by atoms with Crippen molar-refractivity contribution >= 4 is 29.2 Å². The number of rotatable bonds is 7. The molecule has 1 aliphatic heterocycles. The van der Waals surface area contributed by atoms with E-state index in [1.54, 1.807) is 23.1 Å². The van der Waals surface area contributed by atoms with Crippen LogP contribution < -0.4 is 9.64 Å². The summed E-state index contributed by atoms with van der Waals surface area (Å²) in [4.78, 5) is 26.5. The molecule has 7 heteroatoms. The Bertz CT molecular complexity index is 959. The number of para-hydroxylation sites is 1. The third-order valence-electron chi connectivity index (χ3n) is 4.88. The molecule has 1 amide bonds. The molecule has 0 radical (unpaired) electrons. The fraction of sp³-hybridized carbons (Fsp3) is 0.417. The van der Waals surface area contributed by atoms with E-state index in [2.05, 4.69) is 0 Å². The maximum Gasteiger partial charge on any atom is 0.306 e. The SMILES string of the molecule is CC(C)CN1C(=O)[C@@H](CC(=O)O)O[C@H](c2ccccc2OC(C)C)c2cc(Cl)ccc21. The van der Waals surface area contributed by atoms with Crippen molar-refractivity contribution in [1.29, 1.82) is 0 Å². The zero-order valence-corrected chi connectivity index (χ0v) is 18.9. The number of carboxylic acid groups (broad SMARTS) is 1. The van der Waals surface area contributed by atoms with E-state index in [1.807, 2.05) is 52.0 Å². The second-order valence-corrected chi connectivity index (χ2v) is 8.79. The van der Waals surface area contributed by atoms with Crippen LogP contribution in [0.25, 0.3) is 0 Å². The van der Waals surface area contributed by atoms with Crippen molar-refractivity contribution in [2.75, 3.05) is 11.4 Å². The summed E-state index contributed by atoms with van der Waals surface area (Å²) in [7, 11) is 0. The highest BCUT2D eigenvalue weighted by atomic mass is 35.5. The molecule has 2 aromatic rings. The fourth-order valence-electron chi connectivity index (χ4n) is 3.72. The van der Waals surface area contributed by atoms with Crippen molar-refractivity contribution < 1.29 is 24.2 Å². The van der Waals surface area contributed by atoms with Gasteiger partial charge in [-0.1, -0.05) is 43.6 Å². The first-order valence-electron chi connectivity index (χ1n) is 10.4. The van der Waals surface area contributed by atoms with Gasteiger partial charge in [-0.25, -0.2) is 0 Å². The molecule has 3 rings (SSSR count). The molecule has 0 aliphatic carbocycles. The van der Waals surface area contributed by atoms with Crippen LogP contribution in [0, 0.1) is 5.92 Å².